The molecule has 25 heavy (non-hydrogen) atoms. The van der Waals surface area contributed by atoms with Gasteiger partial charge < -0.3 is 9.05 Å². The van der Waals surface area contributed by atoms with Gasteiger partial charge in [0.1, 0.15) is 11.5 Å². The Morgan fingerprint density at radius 2 is 1.00 bits per heavy atom. The van der Waals surface area contributed by atoms with Gasteiger partial charge in [-0.2, -0.15) is 0 Å². The van der Waals surface area contributed by atoms with Crippen LogP contribution in [0.15, 0.2) is 84.9 Å². The van der Waals surface area contributed by atoms with Crippen molar-refractivity contribution < 1.29 is 13.6 Å². The van der Waals surface area contributed by atoms with Gasteiger partial charge in [-0.05, 0) is 45.8 Å². The standard InChI is InChI=1S/C20H14ClO3P/c21-25(22,23-19-11-9-15-5-1-3-7-17(15)13-19)24-20-12-10-16-6-2-4-8-18(16)14-20/h1-14H. The number of rotatable bonds is 4. The van der Waals surface area contributed by atoms with E-state index in [1.54, 1.807) is 24.3 Å². The van der Waals surface area contributed by atoms with Crippen LogP contribution in [-0.4, -0.2) is 0 Å². The first-order valence-corrected chi connectivity index (χ1v) is 10.2. The van der Waals surface area contributed by atoms with Crippen LogP contribution in [0.25, 0.3) is 21.5 Å². The molecule has 4 rings (SSSR count). The maximum Gasteiger partial charge on any atom is 0.530 e. The molecule has 0 saturated carbocycles. The zero-order valence-corrected chi connectivity index (χ0v) is 14.8. The van der Waals surface area contributed by atoms with Gasteiger partial charge in [0.05, 0.1) is 0 Å². The van der Waals surface area contributed by atoms with Gasteiger partial charge in [0.25, 0.3) is 0 Å². The lowest BCUT2D eigenvalue weighted by atomic mass is 10.1. The van der Waals surface area contributed by atoms with Gasteiger partial charge in [-0.3, -0.25) is 0 Å². The fourth-order valence-corrected chi connectivity index (χ4v) is 3.96. The van der Waals surface area contributed by atoms with E-state index in [-0.39, 0.29) is 0 Å². The predicted octanol–water partition coefficient (Wildman–Crippen LogP) is 6.80. The first kappa shape index (κ1) is 16.0. The van der Waals surface area contributed by atoms with Crippen LogP contribution < -0.4 is 9.05 Å². The summed E-state index contributed by atoms with van der Waals surface area (Å²) in [5.74, 6) is 0.802. The molecule has 0 aliphatic carbocycles. The van der Waals surface area contributed by atoms with Crippen LogP contribution in [-0.2, 0) is 4.57 Å². The molecule has 0 aromatic heterocycles. The van der Waals surface area contributed by atoms with E-state index in [2.05, 4.69) is 0 Å². The molecule has 5 heteroatoms. The summed E-state index contributed by atoms with van der Waals surface area (Å²) in [6, 6.07) is 26.4. The largest absolute Gasteiger partial charge is 0.530 e. The van der Waals surface area contributed by atoms with E-state index in [0.29, 0.717) is 11.5 Å². The molecule has 0 saturated heterocycles. The Balaban J connectivity index is 1.58. The van der Waals surface area contributed by atoms with Crippen molar-refractivity contribution in [2.24, 2.45) is 0 Å². The third-order valence-electron chi connectivity index (χ3n) is 3.87. The second-order valence-electron chi connectivity index (χ2n) is 5.63. The highest BCUT2D eigenvalue weighted by molar-refractivity contribution is 7.82. The number of hydrogen-bond donors (Lipinski definition) is 0. The SMILES string of the molecule is O=P(Cl)(Oc1ccc2ccccc2c1)Oc1ccc2ccccc2c1. The minimum absolute atomic E-state index is 0.401. The average molecular weight is 369 g/mol. The van der Waals surface area contributed by atoms with Crippen LogP contribution in [0, 0.1) is 0 Å². The number of benzene rings is 4. The zero-order valence-electron chi connectivity index (χ0n) is 13.1. The molecule has 124 valence electrons. The predicted molar refractivity (Wildman–Crippen MR) is 103 cm³/mol. The first-order chi connectivity index (χ1) is 12.1. The minimum Gasteiger partial charge on any atom is -0.405 e. The lowest BCUT2D eigenvalue weighted by molar-refractivity contribution is 0.407. The van der Waals surface area contributed by atoms with Gasteiger partial charge in [0.2, 0.25) is 0 Å². The Morgan fingerprint density at radius 3 is 1.44 bits per heavy atom. The Morgan fingerprint density at radius 1 is 0.600 bits per heavy atom. The molecule has 0 fully saturated rings. The van der Waals surface area contributed by atoms with E-state index in [4.69, 9.17) is 20.3 Å². The Bertz CT molecular complexity index is 1020. The molecular formula is C20H14ClO3P. The van der Waals surface area contributed by atoms with Crippen LogP contribution >= 0.6 is 18.2 Å². The van der Waals surface area contributed by atoms with E-state index in [1.807, 2.05) is 60.7 Å². The maximum absolute atomic E-state index is 12.5. The monoisotopic (exact) mass is 368 g/mol. The molecule has 0 amide bonds. The zero-order chi connectivity index (χ0) is 17.3. The van der Waals surface area contributed by atoms with E-state index in [9.17, 15) is 4.57 Å². The normalized spacial score (nSPS) is 11.6. The highest BCUT2D eigenvalue weighted by Gasteiger charge is 2.25. The Kier molecular flexibility index (Phi) is 4.12. The van der Waals surface area contributed by atoms with Crippen molar-refractivity contribution in [3.8, 4) is 11.5 Å². The third kappa shape index (κ3) is 3.63. The molecule has 0 unspecified atom stereocenters. The van der Waals surface area contributed by atoms with Crippen molar-refractivity contribution in [1.29, 1.82) is 0 Å². The third-order valence-corrected chi connectivity index (χ3v) is 5.14. The van der Waals surface area contributed by atoms with Crippen LogP contribution in [0.4, 0.5) is 0 Å². The highest BCUT2D eigenvalue weighted by atomic mass is 35.7. The van der Waals surface area contributed by atoms with Gasteiger partial charge in [-0.25, -0.2) is 4.57 Å². The van der Waals surface area contributed by atoms with E-state index in [1.165, 1.54) is 0 Å². The summed E-state index contributed by atoms with van der Waals surface area (Å²) in [6.45, 7) is -3.82. The smallest absolute Gasteiger partial charge is 0.405 e. The number of halogens is 1. The number of fused-ring (bicyclic) bond motifs is 2. The van der Waals surface area contributed by atoms with Gasteiger partial charge in [-0.15, -0.1) is 0 Å². The molecule has 0 N–H and O–H groups in total. The summed E-state index contributed by atoms with van der Waals surface area (Å²) in [5, 5.41) is 4.08. The van der Waals surface area contributed by atoms with Gasteiger partial charge in [-0.1, -0.05) is 60.7 Å². The van der Waals surface area contributed by atoms with E-state index >= 15 is 0 Å². The molecule has 0 aliphatic rings. The van der Waals surface area contributed by atoms with Crippen molar-refractivity contribution in [2.45, 2.75) is 0 Å². The summed E-state index contributed by atoms with van der Waals surface area (Å²) < 4.78 is 23.4. The Labute approximate surface area is 150 Å². The summed E-state index contributed by atoms with van der Waals surface area (Å²) in [5.41, 5.74) is 0. The lowest BCUT2D eigenvalue weighted by Crippen LogP contribution is -1.95. The van der Waals surface area contributed by atoms with E-state index in [0.717, 1.165) is 21.5 Å². The highest BCUT2D eigenvalue weighted by Crippen LogP contribution is 2.53. The molecule has 0 aliphatic heterocycles. The Hall–Kier alpha value is -2.48. The molecule has 0 atom stereocenters. The summed E-state index contributed by atoms with van der Waals surface area (Å²) in [4.78, 5) is 0. The molecule has 0 heterocycles. The van der Waals surface area contributed by atoms with Crippen LogP contribution in [0.5, 0.6) is 11.5 Å². The van der Waals surface area contributed by atoms with E-state index < -0.39 is 6.95 Å². The minimum atomic E-state index is -3.82. The average Bonchev–Trinajstić information content (AvgIpc) is 2.61. The fourth-order valence-electron chi connectivity index (χ4n) is 2.72. The molecule has 3 nitrogen and oxygen atoms in total. The number of hydrogen-bond acceptors (Lipinski definition) is 3. The van der Waals surface area contributed by atoms with Crippen LogP contribution in [0.1, 0.15) is 0 Å². The second-order valence-corrected chi connectivity index (χ2v) is 8.10. The molecule has 0 spiro atoms. The van der Waals surface area contributed by atoms with Crippen LogP contribution in [0.2, 0.25) is 0 Å². The molecule has 0 bridgehead atoms. The van der Waals surface area contributed by atoms with Crippen molar-refractivity contribution >= 4 is 39.7 Å². The molecular weight excluding hydrogens is 355 g/mol. The van der Waals surface area contributed by atoms with Crippen molar-refractivity contribution in [3.63, 3.8) is 0 Å². The summed E-state index contributed by atoms with van der Waals surface area (Å²) in [7, 11) is 0. The topological polar surface area (TPSA) is 35.5 Å². The summed E-state index contributed by atoms with van der Waals surface area (Å²) >= 11 is 6.02. The maximum atomic E-state index is 12.5. The molecule has 0 radical (unpaired) electrons. The van der Waals surface area contributed by atoms with Gasteiger partial charge in [0.15, 0.2) is 0 Å². The molecule has 4 aromatic rings. The van der Waals surface area contributed by atoms with Crippen molar-refractivity contribution in [1.82, 2.24) is 0 Å². The van der Waals surface area contributed by atoms with Crippen LogP contribution in [0.3, 0.4) is 0 Å². The lowest BCUT2D eigenvalue weighted by Gasteiger charge is -2.14. The van der Waals surface area contributed by atoms with Gasteiger partial charge in [0, 0.05) is 11.2 Å². The first-order valence-electron chi connectivity index (χ1n) is 7.76. The second kappa shape index (κ2) is 6.44. The molecule has 4 aromatic carbocycles. The fraction of sp³-hybridized carbons (Fsp3) is 0. The quantitative estimate of drug-likeness (QED) is 0.372. The van der Waals surface area contributed by atoms with Crippen molar-refractivity contribution in [3.05, 3.63) is 84.9 Å². The van der Waals surface area contributed by atoms with Gasteiger partial charge >= 0.3 is 6.95 Å². The van der Waals surface area contributed by atoms with Crippen molar-refractivity contribution in [2.75, 3.05) is 0 Å². The summed E-state index contributed by atoms with van der Waals surface area (Å²) in [6.07, 6.45) is 0.